The number of benzene rings is 1. The van der Waals surface area contributed by atoms with Crippen LogP contribution >= 0.6 is 0 Å². The van der Waals surface area contributed by atoms with Crippen LogP contribution in [0.2, 0.25) is 0 Å². The lowest BCUT2D eigenvalue weighted by molar-refractivity contribution is 0.414. The van der Waals surface area contributed by atoms with Crippen molar-refractivity contribution in [3.8, 4) is 5.75 Å². The van der Waals surface area contributed by atoms with Crippen LogP contribution in [0.1, 0.15) is 24.2 Å². The Balaban J connectivity index is 1.93. The Labute approximate surface area is 108 Å². The van der Waals surface area contributed by atoms with E-state index in [0.717, 1.165) is 12.3 Å². The van der Waals surface area contributed by atoms with Crippen LogP contribution in [0.5, 0.6) is 5.75 Å². The molecule has 0 radical (unpaired) electrons. The summed E-state index contributed by atoms with van der Waals surface area (Å²) in [6, 6.07) is 10.4. The first kappa shape index (κ1) is 12.6. The van der Waals surface area contributed by atoms with Gasteiger partial charge in [-0.2, -0.15) is 5.10 Å². The quantitative estimate of drug-likeness (QED) is 0.878. The summed E-state index contributed by atoms with van der Waals surface area (Å²) in [6.45, 7) is 2.97. The molecule has 1 heterocycles. The fraction of sp³-hybridized carbons (Fsp3) is 0.357. The van der Waals surface area contributed by atoms with Crippen LogP contribution in [0.3, 0.4) is 0 Å². The number of nitrogens with zero attached hydrogens (tertiary/aromatic N) is 2. The van der Waals surface area contributed by atoms with Gasteiger partial charge in [0.15, 0.2) is 0 Å². The molecule has 18 heavy (non-hydrogen) atoms. The lowest BCUT2D eigenvalue weighted by Crippen LogP contribution is -2.20. The second-order valence-corrected chi connectivity index (χ2v) is 4.33. The van der Waals surface area contributed by atoms with Crippen molar-refractivity contribution >= 4 is 0 Å². The molecule has 1 aromatic carbocycles. The van der Waals surface area contributed by atoms with Crippen molar-refractivity contribution in [1.82, 2.24) is 15.1 Å². The van der Waals surface area contributed by atoms with Gasteiger partial charge in [-0.1, -0.05) is 12.1 Å². The molecular formula is C14H19N3O. The van der Waals surface area contributed by atoms with E-state index < -0.39 is 0 Å². The number of aromatic nitrogens is 2. The number of methoxy groups -OCH3 is 1. The number of rotatable bonds is 5. The van der Waals surface area contributed by atoms with E-state index in [0.29, 0.717) is 0 Å². The van der Waals surface area contributed by atoms with Gasteiger partial charge in [-0.05, 0) is 30.7 Å². The van der Waals surface area contributed by atoms with Crippen molar-refractivity contribution in [3.63, 3.8) is 0 Å². The number of ether oxygens (including phenoxy) is 1. The monoisotopic (exact) mass is 245 g/mol. The zero-order valence-electron chi connectivity index (χ0n) is 11.1. The van der Waals surface area contributed by atoms with E-state index in [1.54, 1.807) is 7.11 Å². The minimum Gasteiger partial charge on any atom is -0.497 e. The predicted octanol–water partition coefficient (Wildman–Crippen LogP) is 2.28. The van der Waals surface area contributed by atoms with Crippen molar-refractivity contribution in [2.24, 2.45) is 7.05 Å². The molecule has 1 N–H and O–H groups in total. The van der Waals surface area contributed by atoms with Crippen molar-refractivity contribution in [1.29, 1.82) is 0 Å². The highest BCUT2D eigenvalue weighted by Crippen LogP contribution is 2.14. The van der Waals surface area contributed by atoms with Gasteiger partial charge in [0.1, 0.15) is 5.75 Å². The summed E-state index contributed by atoms with van der Waals surface area (Å²) in [5.41, 5.74) is 2.42. The zero-order valence-corrected chi connectivity index (χ0v) is 11.1. The van der Waals surface area contributed by atoms with E-state index in [1.807, 2.05) is 36.1 Å². The number of hydrogen-bond acceptors (Lipinski definition) is 3. The van der Waals surface area contributed by atoms with E-state index >= 15 is 0 Å². The molecule has 0 amide bonds. The normalized spacial score (nSPS) is 12.4. The van der Waals surface area contributed by atoms with E-state index in [1.165, 1.54) is 11.3 Å². The van der Waals surface area contributed by atoms with Gasteiger partial charge < -0.3 is 10.1 Å². The molecule has 0 spiro atoms. The van der Waals surface area contributed by atoms with Crippen LogP contribution < -0.4 is 10.1 Å². The summed E-state index contributed by atoms with van der Waals surface area (Å²) in [5, 5.41) is 7.65. The summed E-state index contributed by atoms with van der Waals surface area (Å²) in [4.78, 5) is 0. The molecule has 0 aliphatic carbocycles. The molecule has 1 unspecified atom stereocenters. The van der Waals surface area contributed by atoms with Gasteiger partial charge in [-0.15, -0.1) is 0 Å². The van der Waals surface area contributed by atoms with Gasteiger partial charge in [0, 0.05) is 25.8 Å². The highest BCUT2D eigenvalue weighted by molar-refractivity contribution is 5.27. The Morgan fingerprint density at radius 2 is 2.00 bits per heavy atom. The number of nitrogens with one attached hydrogen (secondary N) is 1. The Kier molecular flexibility index (Phi) is 3.99. The van der Waals surface area contributed by atoms with Gasteiger partial charge in [0.05, 0.1) is 12.8 Å². The van der Waals surface area contributed by atoms with Crippen LogP contribution in [0.4, 0.5) is 0 Å². The summed E-state index contributed by atoms with van der Waals surface area (Å²) >= 11 is 0. The molecule has 0 bridgehead atoms. The van der Waals surface area contributed by atoms with Gasteiger partial charge in [-0.3, -0.25) is 4.68 Å². The first-order valence-corrected chi connectivity index (χ1v) is 6.05. The molecule has 2 aromatic rings. The summed E-state index contributed by atoms with van der Waals surface area (Å²) in [5.74, 6) is 0.887. The Bertz CT molecular complexity index is 490. The largest absolute Gasteiger partial charge is 0.497 e. The average molecular weight is 245 g/mol. The third kappa shape index (κ3) is 2.90. The molecule has 96 valence electrons. The summed E-state index contributed by atoms with van der Waals surface area (Å²) in [6.07, 6.45) is 1.82. The second-order valence-electron chi connectivity index (χ2n) is 4.33. The molecule has 0 saturated carbocycles. The third-order valence-corrected chi connectivity index (χ3v) is 3.07. The smallest absolute Gasteiger partial charge is 0.118 e. The minimum atomic E-state index is 0.277. The number of hydrogen-bond donors (Lipinski definition) is 1. The fourth-order valence-electron chi connectivity index (χ4n) is 1.93. The minimum absolute atomic E-state index is 0.277. The van der Waals surface area contributed by atoms with Gasteiger partial charge in [0.25, 0.3) is 0 Å². The molecule has 0 fully saturated rings. The van der Waals surface area contributed by atoms with Crippen LogP contribution in [0, 0.1) is 0 Å². The number of aryl methyl sites for hydroxylation is 1. The Morgan fingerprint density at radius 1 is 1.28 bits per heavy atom. The van der Waals surface area contributed by atoms with E-state index in [4.69, 9.17) is 4.74 Å². The zero-order chi connectivity index (χ0) is 13.0. The topological polar surface area (TPSA) is 39.1 Å². The fourth-order valence-corrected chi connectivity index (χ4v) is 1.93. The van der Waals surface area contributed by atoms with Crippen molar-refractivity contribution in [2.75, 3.05) is 7.11 Å². The maximum absolute atomic E-state index is 5.14. The molecular weight excluding hydrogens is 226 g/mol. The van der Waals surface area contributed by atoms with Crippen molar-refractivity contribution < 1.29 is 4.74 Å². The first-order chi connectivity index (χ1) is 8.70. The molecule has 4 heteroatoms. The lowest BCUT2D eigenvalue weighted by Gasteiger charge is -2.14. The highest BCUT2D eigenvalue weighted by atomic mass is 16.5. The molecule has 1 atom stereocenters. The van der Waals surface area contributed by atoms with Crippen LogP contribution in [0.15, 0.2) is 36.5 Å². The van der Waals surface area contributed by atoms with Gasteiger partial charge >= 0.3 is 0 Å². The third-order valence-electron chi connectivity index (χ3n) is 3.07. The molecule has 1 aromatic heterocycles. The Hall–Kier alpha value is -1.81. The van der Waals surface area contributed by atoms with E-state index in [9.17, 15) is 0 Å². The first-order valence-electron chi connectivity index (χ1n) is 6.05. The SMILES string of the molecule is COc1ccc(CNC(C)c2ccnn2C)cc1. The summed E-state index contributed by atoms with van der Waals surface area (Å²) in [7, 11) is 3.64. The second kappa shape index (κ2) is 5.69. The van der Waals surface area contributed by atoms with E-state index in [-0.39, 0.29) is 6.04 Å². The maximum atomic E-state index is 5.14. The van der Waals surface area contributed by atoms with Crippen molar-refractivity contribution in [3.05, 3.63) is 47.8 Å². The standard InChI is InChI=1S/C14H19N3O/c1-11(14-8-9-16-17(14)2)15-10-12-4-6-13(18-3)7-5-12/h4-9,11,15H,10H2,1-3H3. The lowest BCUT2D eigenvalue weighted by atomic mass is 10.2. The molecule has 0 aliphatic rings. The molecule has 0 saturated heterocycles. The van der Waals surface area contributed by atoms with Gasteiger partial charge in [-0.25, -0.2) is 0 Å². The Morgan fingerprint density at radius 3 is 2.56 bits per heavy atom. The van der Waals surface area contributed by atoms with Crippen LogP contribution in [-0.2, 0) is 13.6 Å². The summed E-state index contributed by atoms with van der Waals surface area (Å²) < 4.78 is 7.03. The highest BCUT2D eigenvalue weighted by Gasteiger charge is 2.08. The molecule has 4 nitrogen and oxygen atoms in total. The van der Waals surface area contributed by atoms with Crippen LogP contribution in [0.25, 0.3) is 0 Å². The predicted molar refractivity (Wildman–Crippen MR) is 71.5 cm³/mol. The molecule has 0 aliphatic heterocycles. The van der Waals surface area contributed by atoms with E-state index in [2.05, 4.69) is 29.5 Å². The maximum Gasteiger partial charge on any atom is 0.118 e. The molecule has 2 rings (SSSR count). The van der Waals surface area contributed by atoms with Crippen molar-refractivity contribution in [2.45, 2.75) is 19.5 Å². The average Bonchev–Trinajstić information content (AvgIpc) is 2.83. The van der Waals surface area contributed by atoms with Gasteiger partial charge in [0.2, 0.25) is 0 Å². The van der Waals surface area contributed by atoms with Crippen LogP contribution in [-0.4, -0.2) is 16.9 Å².